The Bertz CT molecular complexity index is 663. The standard InChI is InChI=1S/C14H9N/c1-2-10-8-13-6-4-12-5-7-14(15(12)13)9-11(10)3-1/h1-9H. The molecular formula is C14H9N. The molecule has 0 bridgehead atoms. The third kappa shape index (κ3) is 0.827. The highest BCUT2D eigenvalue weighted by Crippen LogP contribution is 2.28. The maximum atomic E-state index is 2.29. The molecule has 1 heteroatoms. The molecule has 2 aromatic heterocycles. The lowest BCUT2D eigenvalue weighted by atomic mass is 10.2. The van der Waals surface area contributed by atoms with Crippen LogP contribution in [0.25, 0.3) is 27.7 Å². The minimum Gasteiger partial charge on any atom is -0.310 e. The van der Waals surface area contributed by atoms with Gasteiger partial charge in [0.05, 0.1) is 0 Å². The van der Waals surface area contributed by atoms with Crippen LogP contribution in [0.5, 0.6) is 0 Å². The zero-order chi connectivity index (χ0) is 9.83. The van der Waals surface area contributed by atoms with Crippen molar-refractivity contribution in [3.8, 4) is 11.1 Å². The Kier molecular flexibility index (Phi) is 1.13. The zero-order valence-corrected chi connectivity index (χ0v) is 8.14. The van der Waals surface area contributed by atoms with E-state index in [1.54, 1.807) is 0 Å². The Morgan fingerprint density at radius 1 is 0.600 bits per heavy atom. The van der Waals surface area contributed by atoms with Crippen molar-refractivity contribution in [2.24, 2.45) is 0 Å². The average molecular weight is 191 g/mol. The van der Waals surface area contributed by atoms with Crippen molar-refractivity contribution in [2.75, 3.05) is 0 Å². The first-order valence-corrected chi connectivity index (χ1v) is 5.14. The van der Waals surface area contributed by atoms with E-state index < -0.39 is 0 Å². The first-order chi connectivity index (χ1) is 7.42. The third-order valence-electron chi connectivity index (χ3n) is 3.12. The molecule has 0 N–H and O–H groups in total. The van der Waals surface area contributed by atoms with Gasteiger partial charge < -0.3 is 4.40 Å². The van der Waals surface area contributed by atoms with E-state index in [2.05, 4.69) is 59.0 Å². The van der Waals surface area contributed by atoms with E-state index >= 15 is 0 Å². The molecule has 0 saturated heterocycles. The van der Waals surface area contributed by atoms with Crippen molar-refractivity contribution < 1.29 is 0 Å². The molecule has 4 rings (SSSR count). The molecule has 1 aliphatic heterocycles. The number of hydrogen-bond donors (Lipinski definition) is 0. The maximum Gasteiger partial charge on any atom is 0.0468 e. The van der Waals surface area contributed by atoms with E-state index in [1.807, 2.05) is 0 Å². The van der Waals surface area contributed by atoms with Gasteiger partial charge in [-0.15, -0.1) is 0 Å². The van der Waals surface area contributed by atoms with E-state index in [9.17, 15) is 0 Å². The third-order valence-corrected chi connectivity index (χ3v) is 3.12. The van der Waals surface area contributed by atoms with E-state index in [0.717, 1.165) is 0 Å². The predicted octanol–water partition coefficient (Wildman–Crippen LogP) is 3.64. The summed E-state index contributed by atoms with van der Waals surface area (Å²) in [5.41, 5.74) is 6.44. The normalized spacial score (nSPS) is 12.0. The summed E-state index contributed by atoms with van der Waals surface area (Å²) in [6.45, 7) is 0. The largest absolute Gasteiger partial charge is 0.310 e. The van der Waals surface area contributed by atoms with E-state index in [-0.39, 0.29) is 0 Å². The molecule has 0 radical (unpaired) electrons. The van der Waals surface area contributed by atoms with Crippen LogP contribution in [0.4, 0.5) is 0 Å². The van der Waals surface area contributed by atoms with Gasteiger partial charge >= 0.3 is 0 Å². The van der Waals surface area contributed by atoms with E-state index in [1.165, 1.54) is 27.7 Å². The van der Waals surface area contributed by atoms with Gasteiger partial charge in [-0.05, 0) is 47.5 Å². The summed E-state index contributed by atoms with van der Waals surface area (Å²) in [6, 6.07) is 19.6. The summed E-state index contributed by atoms with van der Waals surface area (Å²) >= 11 is 0. The van der Waals surface area contributed by atoms with Gasteiger partial charge in [-0.1, -0.05) is 18.2 Å². The number of hydrogen-bond acceptors (Lipinski definition) is 0. The van der Waals surface area contributed by atoms with Crippen molar-refractivity contribution in [2.45, 2.75) is 0 Å². The number of rotatable bonds is 0. The van der Waals surface area contributed by atoms with Crippen molar-refractivity contribution >= 4 is 16.6 Å². The molecule has 0 fully saturated rings. The summed E-state index contributed by atoms with van der Waals surface area (Å²) in [5, 5.41) is 0. The molecule has 0 saturated carbocycles. The highest BCUT2D eigenvalue weighted by molar-refractivity contribution is 5.81. The first-order valence-electron chi connectivity index (χ1n) is 5.14. The molecule has 15 heavy (non-hydrogen) atoms. The Balaban J connectivity index is 2.39. The van der Waals surface area contributed by atoms with Crippen LogP contribution in [-0.4, -0.2) is 4.40 Å². The van der Waals surface area contributed by atoms with Gasteiger partial charge in [0.15, 0.2) is 0 Å². The van der Waals surface area contributed by atoms with Gasteiger partial charge in [-0.3, -0.25) is 0 Å². The van der Waals surface area contributed by atoms with Gasteiger partial charge in [0.1, 0.15) is 0 Å². The second-order valence-electron chi connectivity index (χ2n) is 4.00. The van der Waals surface area contributed by atoms with Crippen molar-refractivity contribution in [3.63, 3.8) is 0 Å². The van der Waals surface area contributed by atoms with Gasteiger partial charge in [0.2, 0.25) is 0 Å². The number of nitrogens with zero attached hydrogens (tertiary/aromatic N) is 1. The predicted molar refractivity (Wildman–Crippen MR) is 62.7 cm³/mol. The molecule has 2 aliphatic rings. The Hall–Kier alpha value is -2.02. The lowest BCUT2D eigenvalue weighted by molar-refractivity contribution is 1.37. The maximum absolute atomic E-state index is 2.29. The minimum atomic E-state index is 1.27. The molecule has 0 unspecified atom stereocenters. The fraction of sp³-hybridized carbons (Fsp3) is 0. The Morgan fingerprint density at radius 2 is 1.13 bits per heavy atom. The quantitative estimate of drug-likeness (QED) is 0.399. The molecule has 70 valence electrons. The molecule has 0 amide bonds. The van der Waals surface area contributed by atoms with Crippen LogP contribution < -0.4 is 0 Å². The van der Waals surface area contributed by atoms with Gasteiger partial charge in [-0.2, -0.15) is 0 Å². The smallest absolute Gasteiger partial charge is 0.0468 e. The SMILES string of the molecule is c1cc2cc3ccc4ccc(cc-2c1)n43. The van der Waals surface area contributed by atoms with Crippen molar-refractivity contribution in [3.05, 3.63) is 54.6 Å². The fourth-order valence-corrected chi connectivity index (χ4v) is 2.40. The number of fused-ring (bicyclic) bond motifs is 1. The molecule has 0 spiro atoms. The lowest BCUT2D eigenvalue weighted by Gasteiger charge is -1.87. The zero-order valence-electron chi connectivity index (χ0n) is 8.14. The Labute approximate surface area is 87.2 Å². The van der Waals surface area contributed by atoms with Gasteiger partial charge in [-0.25, -0.2) is 0 Å². The fourth-order valence-electron chi connectivity index (χ4n) is 2.40. The van der Waals surface area contributed by atoms with Crippen molar-refractivity contribution in [1.29, 1.82) is 0 Å². The van der Waals surface area contributed by atoms with E-state index in [4.69, 9.17) is 0 Å². The molecule has 0 aromatic carbocycles. The summed E-state index contributed by atoms with van der Waals surface area (Å²) in [4.78, 5) is 0. The van der Waals surface area contributed by atoms with Crippen LogP contribution in [0, 0.1) is 0 Å². The summed E-state index contributed by atoms with van der Waals surface area (Å²) in [7, 11) is 0. The Morgan fingerprint density at radius 3 is 1.73 bits per heavy atom. The monoisotopic (exact) mass is 191 g/mol. The average Bonchev–Trinajstić information content (AvgIpc) is 2.89. The summed E-state index contributed by atoms with van der Waals surface area (Å²) in [5.74, 6) is 0. The van der Waals surface area contributed by atoms with Crippen LogP contribution in [0.3, 0.4) is 0 Å². The molecule has 0 atom stereocenters. The molecule has 1 nitrogen and oxygen atoms in total. The second-order valence-corrected chi connectivity index (χ2v) is 4.00. The van der Waals surface area contributed by atoms with Gasteiger partial charge in [0.25, 0.3) is 0 Å². The summed E-state index contributed by atoms with van der Waals surface area (Å²) in [6.07, 6.45) is 0. The summed E-state index contributed by atoms with van der Waals surface area (Å²) < 4.78 is 2.29. The highest BCUT2D eigenvalue weighted by Gasteiger charge is 2.06. The topological polar surface area (TPSA) is 4.41 Å². The van der Waals surface area contributed by atoms with Crippen molar-refractivity contribution in [1.82, 2.24) is 4.40 Å². The molecular weight excluding hydrogens is 182 g/mol. The van der Waals surface area contributed by atoms with Crippen LogP contribution in [-0.2, 0) is 0 Å². The molecule has 2 aromatic rings. The van der Waals surface area contributed by atoms with E-state index in [0.29, 0.717) is 0 Å². The van der Waals surface area contributed by atoms with Crippen LogP contribution in [0.2, 0.25) is 0 Å². The molecule has 1 aliphatic carbocycles. The van der Waals surface area contributed by atoms with Gasteiger partial charge in [0, 0.05) is 16.6 Å². The minimum absolute atomic E-state index is 1.27. The second kappa shape index (κ2) is 2.31. The lowest BCUT2D eigenvalue weighted by Crippen LogP contribution is -1.73. The first kappa shape index (κ1) is 7.30. The van der Waals surface area contributed by atoms with Crippen LogP contribution in [0.15, 0.2) is 54.6 Å². The highest BCUT2D eigenvalue weighted by atomic mass is 14.9. The molecule has 3 heterocycles. The number of aromatic nitrogens is 1. The van der Waals surface area contributed by atoms with Crippen LogP contribution in [0.1, 0.15) is 0 Å². The van der Waals surface area contributed by atoms with Crippen LogP contribution >= 0.6 is 0 Å².